The van der Waals surface area contributed by atoms with Gasteiger partial charge < -0.3 is 9.84 Å². The highest BCUT2D eigenvalue weighted by Crippen LogP contribution is 2.24. The molecule has 2 aliphatic rings. The molecule has 0 amide bonds. The summed E-state index contributed by atoms with van der Waals surface area (Å²) in [5.41, 5.74) is 3.72. The zero-order valence-corrected chi connectivity index (χ0v) is 16.5. The first kappa shape index (κ1) is 18.8. The van der Waals surface area contributed by atoms with Crippen LogP contribution in [0, 0.1) is 0 Å². The van der Waals surface area contributed by atoms with Crippen LogP contribution in [-0.2, 0) is 19.5 Å². The molecular formula is C20H28N4O2S. The number of benzene rings is 1. The van der Waals surface area contributed by atoms with Crippen LogP contribution in [0.3, 0.4) is 0 Å². The standard InChI is InChI=1S/C20H28N4O2S/c25-18(14-23-7-9-27-10-8-23)15-26-20-4-2-1-3-16(20)12-24-6-5-19-17(13-24)11-21-22-19/h1-4,11,18,25H,5-10,12-15H2,(H,21,22)/t18-/m0/s1. The molecule has 1 saturated heterocycles. The van der Waals surface area contributed by atoms with Gasteiger partial charge in [-0.25, -0.2) is 0 Å². The van der Waals surface area contributed by atoms with E-state index in [0.29, 0.717) is 13.2 Å². The van der Waals surface area contributed by atoms with Gasteiger partial charge in [-0.1, -0.05) is 18.2 Å². The third-order valence-electron chi connectivity index (χ3n) is 5.25. The second-order valence-corrected chi connectivity index (χ2v) is 8.54. The van der Waals surface area contributed by atoms with E-state index in [1.165, 1.54) is 16.8 Å². The largest absolute Gasteiger partial charge is 0.491 e. The monoisotopic (exact) mass is 388 g/mol. The van der Waals surface area contributed by atoms with E-state index in [-0.39, 0.29) is 0 Å². The molecule has 2 aliphatic heterocycles. The van der Waals surface area contributed by atoms with Crippen LogP contribution in [0.15, 0.2) is 30.5 Å². The summed E-state index contributed by atoms with van der Waals surface area (Å²) >= 11 is 1.99. The van der Waals surface area contributed by atoms with Crippen LogP contribution < -0.4 is 4.74 Å². The minimum Gasteiger partial charge on any atom is -0.491 e. The number of aliphatic hydroxyl groups is 1. The summed E-state index contributed by atoms with van der Waals surface area (Å²) in [6.45, 7) is 5.92. The maximum atomic E-state index is 10.4. The van der Waals surface area contributed by atoms with Crippen molar-refractivity contribution in [3.63, 3.8) is 0 Å². The molecule has 1 atom stereocenters. The molecule has 0 aliphatic carbocycles. The lowest BCUT2D eigenvalue weighted by Crippen LogP contribution is -2.40. The third kappa shape index (κ3) is 5.04. The van der Waals surface area contributed by atoms with Crippen molar-refractivity contribution in [2.45, 2.75) is 25.6 Å². The summed E-state index contributed by atoms with van der Waals surface area (Å²) in [5.74, 6) is 3.19. The Morgan fingerprint density at radius 3 is 2.93 bits per heavy atom. The van der Waals surface area contributed by atoms with Gasteiger partial charge in [-0.05, 0) is 6.07 Å². The first-order valence-corrected chi connectivity index (χ1v) is 10.9. The Morgan fingerprint density at radius 2 is 2.04 bits per heavy atom. The van der Waals surface area contributed by atoms with E-state index >= 15 is 0 Å². The molecule has 6 nitrogen and oxygen atoms in total. The average molecular weight is 389 g/mol. The molecule has 1 aromatic carbocycles. The summed E-state index contributed by atoms with van der Waals surface area (Å²) in [5, 5.41) is 17.6. The van der Waals surface area contributed by atoms with Crippen LogP contribution in [0.1, 0.15) is 16.8 Å². The average Bonchev–Trinajstić information content (AvgIpc) is 3.16. The molecule has 2 N–H and O–H groups in total. The number of aromatic nitrogens is 2. The zero-order chi connectivity index (χ0) is 18.5. The van der Waals surface area contributed by atoms with E-state index in [9.17, 15) is 5.11 Å². The number of para-hydroxylation sites is 1. The lowest BCUT2D eigenvalue weighted by molar-refractivity contribution is 0.0707. The van der Waals surface area contributed by atoms with E-state index in [1.54, 1.807) is 0 Å². The lowest BCUT2D eigenvalue weighted by atomic mass is 10.1. The van der Waals surface area contributed by atoms with Gasteiger partial charge >= 0.3 is 0 Å². The van der Waals surface area contributed by atoms with E-state index < -0.39 is 6.10 Å². The number of fused-ring (bicyclic) bond motifs is 1. The lowest BCUT2D eigenvalue weighted by Gasteiger charge is -2.29. The molecule has 27 heavy (non-hydrogen) atoms. The number of nitrogens with zero attached hydrogens (tertiary/aromatic N) is 3. The van der Waals surface area contributed by atoms with Crippen LogP contribution >= 0.6 is 11.8 Å². The Morgan fingerprint density at radius 1 is 1.19 bits per heavy atom. The number of aliphatic hydroxyl groups excluding tert-OH is 1. The van der Waals surface area contributed by atoms with Gasteiger partial charge in [0.05, 0.1) is 6.20 Å². The van der Waals surface area contributed by atoms with Gasteiger partial charge in [0, 0.05) is 74.0 Å². The summed E-state index contributed by atoms with van der Waals surface area (Å²) in [6.07, 6.45) is 2.48. The van der Waals surface area contributed by atoms with Crippen molar-refractivity contribution in [1.82, 2.24) is 20.0 Å². The highest BCUT2D eigenvalue weighted by molar-refractivity contribution is 7.99. The minimum atomic E-state index is -0.454. The number of hydrogen-bond acceptors (Lipinski definition) is 6. The first-order valence-electron chi connectivity index (χ1n) is 9.70. The molecular weight excluding hydrogens is 360 g/mol. The number of β-amino-alcohol motifs (C(OH)–C–C–N with tert-alkyl or cyclic N) is 1. The van der Waals surface area contributed by atoms with E-state index in [2.05, 4.69) is 32.1 Å². The predicted octanol–water partition coefficient (Wildman–Crippen LogP) is 1.76. The minimum absolute atomic E-state index is 0.340. The molecule has 146 valence electrons. The molecule has 3 heterocycles. The molecule has 2 aromatic rings. The Hall–Kier alpha value is -1.54. The number of hydrogen-bond donors (Lipinski definition) is 2. The van der Waals surface area contributed by atoms with Crippen molar-refractivity contribution in [2.75, 3.05) is 44.3 Å². The first-order chi connectivity index (χ1) is 13.3. The summed E-state index contributed by atoms with van der Waals surface area (Å²) in [7, 11) is 0. The maximum Gasteiger partial charge on any atom is 0.123 e. The van der Waals surface area contributed by atoms with Crippen LogP contribution in [0.4, 0.5) is 0 Å². The van der Waals surface area contributed by atoms with Crippen molar-refractivity contribution in [2.24, 2.45) is 0 Å². The van der Waals surface area contributed by atoms with E-state index in [0.717, 1.165) is 56.4 Å². The second-order valence-electron chi connectivity index (χ2n) is 7.32. The topological polar surface area (TPSA) is 64.6 Å². The number of nitrogens with one attached hydrogen (secondary N) is 1. The van der Waals surface area contributed by atoms with Crippen LogP contribution in [0.25, 0.3) is 0 Å². The highest BCUT2D eigenvalue weighted by atomic mass is 32.2. The summed E-state index contributed by atoms with van der Waals surface area (Å²) in [6, 6.07) is 8.18. The van der Waals surface area contributed by atoms with Crippen molar-refractivity contribution in [3.05, 3.63) is 47.3 Å². The summed E-state index contributed by atoms with van der Waals surface area (Å²) < 4.78 is 6.01. The highest BCUT2D eigenvalue weighted by Gasteiger charge is 2.20. The van der Waals surface area contributed by atoms with Crippen molar-refractivity contribution >= 4 is 11.8 Å². The third-order valence-corrected chi connectivity index (χ3v) is 6.19. The van der Waals surface area contributed by atoms with Crippen LogP contribution in [-0.4, -0.2) is 75.5 Å². The Bertz CT molecular complexity index is 732. The molecule has 1 fully saturated rings. The smallest absolute Gasteiger partial charge is 0.123 e. The fourth-order valence-corrected chi connectivity index (χ4v) is 4.73. The zero-order valence-electron chi connectivity index (χ0n) is 15.6. The quantitative estimate of drug-likeness (QED) is 0.754. The molecule has 1 aromatic heterocycles. The Balaban J connectivity index is 1.31. The fraction of sp³-hybridized carbons (Fsp3) is 0.550. The maximum absolute atomic E-state index is 10.4. The van der Waals surface area contributed by atoms with Crippen LogP contribution in [0.2, 0.25) is 0 Å². The van der Waals surface area contributed by atoms with Gasteiger partial charge in [-0.15, -0.1) is 0 Å². The van der Waals surface area contributed by atoms with Gasteiger partial charge in [0.25, 0.3) is 0 Å². The van der Waals surface area contributed by atoms with Crippen LogP contribution in [0.5, 0.6) is 5.75 Å². The number of H-pyrrole nitrogens is 1. The number of ether oxygens (including phenoxy) is 1. The molecule has 0 spiro atoms. The van der Waals surface area contributed by atoms with Gasteiger partial charge in [0.1, 0.15) is 18.5 Å². The second kappa shape index (κ2) is 9.10. The van der Waals surface area contributed by atoms with Crippen molar-refractivity contribution in [1.29, 1.82) is 0 Å². The molecule has 7 heteroatoms. The van der Waals surface area contributed by atoms with Gasteiger partial charge in [-0.3, -0.25) is 14.9 Å². The van der Waals surface area contributed by atoms with E-state index in [1.807, 2.05) is 30.1 Å². The van der Waals surface area contributed by atoms with Gasteiger partial charge in [-0.2, -0.15) is 16.9 Å². The normalized spacial score (nSPS) is 19.6. The van der Waals surface area contributed by atoms with E-state index in [4.69, 9.17) is 4.74 Å². The van der Waals surface area contributed by atoms with Crippen molar-refractivity contribution in [3.8, 4) is 5.75 Å². The summed E-state index contributed by atoms with van der Waals surface area (Å²) in [4.78, 5) is 4.74. The molecule has 4 rings (SSSR count). The predicted molar refractivity (Wildman–Crippen MR) is 108 cm³/mol. The Labute approximate surface area is 164 Å². The fourth-order valence-electron chi connectivity index (χ4n) is 3.75. The van der Waals surface area contributed by atoms with Gasteiger partial charge in [0.2, 0.25) is 0 Å². The number of rotatable bonds is 7. The van der Waals surface area contributed by atoms with Gasteiger partial charge in [0.15, 0.2) is 0 Å². The number of thioether (sulfide) groups is 1. The molecule has 0 radical (unpaired) electrons. The SMILES string of the molecule is O[C@H](COc1ccccc1CN1CCc2[nH]ncc2C1)CN1CCSCC1. The Kier molecular flexibility index (Phi) is 6.34. The molecule has 0 unspecified atom stereocenters. The van der Waals surface area contributed by atoms with Crippen molar-refractivity contribution < 1.29 is 9.84 Å². The number of aromatic amines is 1. The molecule has 0 bridgehead atoms. The molecule has 0 saturated carbocycles.